The molecule has 1 aliphatic heterocycles. The van der Waals surface area contributed by atoms with Gasteiger partial charge >= 0.3 is 5.97 Å². The predicted molar refractivity (Wildman–Crippen MR) is 88.6 cm³/mol. The predicted octanol–water partition coefficient (Wildman–Crippen LogP) is 2.22. The zero-order valence-corrected chi connectivity index (χ0v) is 13.7. The van der Waals surface area contributed by atoms with Gasteiger partial charge in [0.15, 0.2) is 0 Å². The fourth-order valence-electron chi connectivity index (χ4n) is 3.06. The van der Waals surface area contributed by atoms with Crippen molar-refractivity contribution in [3.8, 4) is 0 Å². The minimum absolute atomic E-state index is 0.0208. The molecule has 1 saturated heterocycles. The highest BCUT2D eigenvalue weighted by Gasteiger charge is 2.24. The Bertz CT molecular complexity index is 687. The number of rotatable bonds is 4. The number of ether oxygens (including phenoxy) is 1. The topological polar surface area (TPSA) is 64.4 Å². The number of aromatic nitrogens is 2. The first-order valence-corrected chi connectivity index (χ1v) is 8.11. The number of nitrogens with zero attached hydrogens (tertiary/aromatic N) is 3. The highest BCUT2D eigenvalue weighted by molar-refractivity contribution is 5.96. The van der Waals surface area contributed by atoms with Gasteiger partial charge in [0.2, 0.25) is 0 Å². The molecule has 1 aliphatic rings. The monoisotopic (exact) mass is 327 g/mol. The van der Waals surface area contributed by atoms with Crippen molar-refractivity contribution in [3.05, 3.63) is 54.1 Å². The molecule has 0 atom stereocenters. The number of benzene rings is 1. The van der Waals surface area contributed by atoms with Gasteiger partial charge in [-0.1, -0.05) is 0 Å². The van der Waals surface area contributed by atoms with Crippen molar-refractivity contribution in [2.75, 3.05) is 20.2 Å². The van der Waals surface area contributed by atoms with Crippen LogP contribution in [0.2, 0.25) is 0 Å². The maximum atomic E-state index is 12.6. The maximum absolute atomic E-state index is 12.6. The van der Waals surface area contributed by atoms with E-state index in [0.717, 1.165) is 32.5 Å². The average Bonchev–Trinajstić information content (AvgIpc) is 3.14. The SMILES string of the molecule is COC(=O)c1ccc(C(=O)N2CCC(Cn3ccnc3)CC2)cc1. The van der Waals surface area contributed by atoms with Crippen molar-refractivity contribution >= 4 is 11.9 Å². The van der Waals surface area contributed by atoms with Crippen molar-refractivity contribution in [2.24, 2.45) is 5.92 Å². The van der Waals surface area contributed by atoms with Gasteiger partial charge in [0, 0.05) is 37.6 Å². The van der Waals surface area contributed by atoms with Gasteiger partial charge in [0.05, 0.1) is 19.0 Å². The molecule has 0 unspecified atom stereocenters. The number of carbonyl (C=O) groups excluding carboxylic acids is 2. The molecule has 0 spiro atoms. The lowest BCUT2D eigenvalue weighted by Crippen LogP contribution is -2.39. The van der Waals surface area contributed by atoms with Crippen molar-refractivity contribution in [2.45, 2.75) is 19.4 Å². The van der Waals surface area contributed by atoms with E-state index in [-0.39, 0.29) is 5.91 Å². The third-order valence-electron chi connectivity index (χ3n) is 4.48. The quantitative estimate of drug-likeness (QED) is 0.808. The molecule has 1 fully saturated rings. The van der Waals surface area contributed by atoms with E-state index in [2.05, 4.69) is 14.3 Å². The van der Waals surface area contributed by atoms with Gasteiger partial charge in [-0.3, -0.25) is 4.79 Å². The number of likely N-dealkylation sites (tertiary alicyclic amines) is 1. The number of carbonyl (C=O) groups is 2. The number of imidazole rings is 1. The Hall–Kier alpha value is -2.63. The van der Waals surface area contributed by atoms with Gasteiger partial charge in [-0.25, -0.2) is 9.78 Å². The molecule has 1 aromatic heterocycles. The van der Waals surface area contributed by atoms with Crippen LogP contribution in [0.5, 0.6) is 0 Å². The lowest BCUT2D eigenvalue weighted by atomic mass is 9.96. The van der Waals surface area contributed by atoms with Crippen LogP contribution in [-0.4, -0.2) is 46.5 Å². The van der Waals surface area contributed by atoms with Crippen LogP contribution in [0.15, 0.2) is 43.0 Å². The third-order valence-corrected chi connectivity index (χ3v) is 4.48. The summed E-state index contributed by atoms with van der Waals surface area (Å²) in [5.74, 6) is 0.201. The number of piperidine rings is 1. The van der Waals surface area contributed by atoms with E-state index in [1.807, 2.05) is 17.4 Å². The molecule has 0 saturated carbocycles. The first-order chi connectivity index (χ1) is 11.7. The van der Waals surface area contributed by atoms with Gasteiger partial charge in [0.1, 0.15) is 0 Å². The molecule has 0 radical (unpaired) electrons. The molecular weight excluding hydrogens is 306 g/mol. The molecule has 6 heteroatoms. The standard InChI is InChI=1S/C18H21N3O3/c1-24-18(23)16-4-2-15(3-5-16)17(22)21-9-6-14(7-10-21)12-20-11-8-19-13-20/h2-5,8,11,13-14H,6-7,9-10,12H2,1H3. The molecule has 3 rings (SSSR count). The Morgan fingerprint density at radius 2 is 1.83 bits per heavy atom. The van der Waals surface area contributed by atoms with Crippen LogP contribution in [0.4, 0.5) is 0 Å². The van der Waals surface area contributed by atoms with Crippen LogP contribution >= 0.6 is 0 Å². The Balaban J connectivity index is 1.55. The van der Waals surface area contributed by atoms with Crippen molar-refractivity contribution in [1.82, 2.24) is 14.5 Å². The van der Waals surface area contributed by atoms with Crippen molar-refractivity contribution < 1.29 is 14.3 Å². The summed E-state index contributed by atoms with van der Waals surface area (Å²) in [4.78, 5) is 30.0. The van der Waals surface area contributed by atoms with Gasteiger partial charge in [-0.2, -0.15) is 0 Å². The molecule has 0 aliphatic carbocycles. The largest absolute Gasteiger partial charge is 0.465 e. The second-order valence-corrected chi connectivity index (χ2v) is 6.06. The minimum atomic E-state index is -0.394. The van der Waals surface area contributed by atoms with E-state index in [4.69, 9.17) is 0 Å². The summed E-state index contributed by atoms with van der Waals surface area (Å²) in [7, 11) is 1.34. The van der Waals surface area contributed by atoms with E-state index >= 15 is 0 Å². The van der Waals surface area contributed by atoms with Crippen LogP contribution < -0.4 is 0 Å². The highest BCUT2D eigenvalue weighted by atomic mass is 16.5. The Morgan fingerprint density at radius 3 is 2.42 bits per heavy atom. The van der Waals surface area contributed by atoms with Gasteiger partial charge in [-0.05, 0) is 43.0 Å². The molecule has 126 valence electrons. The fourth-order valence-corrected chi connectivity index (χ4v) is 3.06. The van der Waals surface area contributed by atoms with Crippen LogP contribution in [-0.2, 0) is 11.3 Å². The number of hydrogen-bond donors (Lipinski definition) is 0. The summed E-state index contributed by atoms with van der Waals surface area (Å²) in [5.41, 5.74) is 1.06. The summed E-state index contributed by atoms with van der Waals surface area (Å²) in [6.45, 7) is 2.48. The fraction of sp³-hybridized carbons (Fsp3) is 0.389. The van der Waals surface area contributed by atoms with E-state index in [9.17, 15) is 9.59 Å². The van der Waals surface area contributed by atoms with Crippen LogP contribution in [0.25, 0.3) is 0 Å². The normalized spacial score (nSPS) is 15.3. The molecule has 2 aromatic rings. The Labute approximate surface area is 141 Å². The molecule has 0 bridgehead atoms. The molecule has 2 heterocycles. The second kappa shape index (κ2) is 7.29. The number of esters is 1. The number of amides is 1. The van der Waals surface area contributed by atoms with E-state index < -0.39 is 5.97 Å². The van der Waals surface area contributed by atoms with Gasteiger partial charge in [-0.15, -0.1) is 0 Å². The summed E-state index contributed by atoms with van der Waals surface area (Å²) in [5, 5.41) is 0. The van der Waals surface area contributed by atoms with E-state index in [0.29, 0.717) is 17.0 Å². The molecule has 1 amide bonds. The summed E-state index contributed by atoms with van der Waals surface area (Å²) in [6.07, 6.45) is 7.58. The average molecular weight is 327 g/mol. The van der Waals surface area contributed by atoms with E-state index in [1.54, 1.807) is 30.5 Å². The van der Waals surface area contributed by atoms with Crippen LogP contribution in [0, 0.1) is 5.92 Å². The molecular formula is C18H21N3O3. The summed E-state index contributed by atoms with van der Waals surface area (Å²) >= 11 is 0. The highest BCUT2D eigenvalue weighted by Crippen LogP contribution is 2.21. The third kappa shape index (κ3) is 3.64. The number of hydrogen-bond acceptors (Lipinski definition) is 4. The first-order valence-electron chi connectivity index (χ1n) is 8.11. The minimum Gasteiger partial charge on any atom is -0.465 e. The van der Waals surface area contributed by atoms with Gasteiger partial charge < -0.3 is 14.2 Å². The van der Waals surface area contributed by atoms with Crippen molar-refractivity contribution in [1.29, 1.82) is 0 Å². The Kier molecular flexibility index (Phi) is 4.93. The lowest BCUT2D eigenvalue weighted by molar-refractivity contribution is 0.0599. The Morgan fingerprint density at radius 1 is 1.17 bits per heavy atom. The summed E-state index contributed by atoms with van der Waals surface area (Å²) < 4.78 is 6.76. The first kappa shape index (κ1) is 16.2. The van der Waals surface area contributed by atoms with Crippen molar-refractivity contribution in [3.63, 3.8) is 0 Å². The van der Waals surface area contributed by atoms with Crippen LogP contribution in [0.3, 0.4) is 0 Å². The van der Waals surface area contributed by atoms with Gasteiger partial charge in [0.25, 0.3) is 5.91 Å². The molecule has 24 heavy (non-hydrogen) atoms. The summed E-state index contributed by atoms with van der Waals surface area (Å²) in [6, 6.07) is 6.63. The molecule has 1 aromatic carbocycles. The maximum Gasteiger partial charge on any atom is 0.337 e. The number of methoxy groups -OCH3 is 1. The second-order valence-electron chi connectivity index (χ2n) is 6.06. The molecule has 6 nitrogen and oxygen atoms in total. The lowest BCUT2D eigenvalue weighted by Gasteiger charge is -2.32. The molecule has 0 N–H and O–H groups in total. The van der Waals surface area contributed by atoms with Crippen LogP contribution in [0.1, 0.15) is 33.6 Å². The smallest absolute Gasteiger partial charge is 0.337 e. The van der Waals surface area contributed by atoms with E-state index in [1.165, 1.54) is 7.11 Å². The zero-order chi connectivity index (χ0) is 16.9. The zero-order valence-electron chi connectivity index (χ0n) is 13.7.